The Balaban J connectivity index is 2.68. The number of carbonyl (C=O) groups excluding carboxylic acids is 1. The zero-order valence-corrected chi connectivity index (χ0v) is 11.8. The van der Waals surface area contributed by atoms with Crippen LogP contribution >= 0.6 is 0 Å². The molecule has 2 aromatic rings. The van der Waals surface area contributed by atoms with E-state index in [1.54, 1.807) is 6.92 Å². The van der Waals surface area contributed by atoms with Crippen LogP contribution in [0.1, 0.15) is 37.4 Å². The van der Waals surface area contributed by atoms with E-state index in [-0.39, 0.29) is 18.4 Å². The van der Waals surface area contributed by atoms with Crippen molar-refractivity contribution in [2.24, 2.45) is 0 Å². The van der Waals surface area contributed by atoms with Crippen LogP contribution in [0.5, 0.6) is 0 Å². The summed E-state index contributed by atoms with van der Waals surface area (Å²) in [6.07, 6.45) is 0. The Labute approximate surface area is 116 Å². The van der Waals surface area contributed by atoms with Crippen LogP contribution in [0.2, 0.25) is 0 Å². The number of ether oxygens (including phenoxy) is 1. The van der Waals surface area contributed by atoms with Gasteiger partial charge in [0.25, 0.3) is 0 Å². The quantitative estimate of drug-likeness (QED) is 0.805. The van der Waals surface area contributed by atoms with Crippen molar-refractivity contribution in [3.05, 3.63) is 46.6 Å². The van der Waals surface area contributed by atoms with Gasteiger partial charge in [0.05, 0.1) is 6.61 Å². The Kier molecular flexibility index (Phi) is 4.08. The van der Waals surface area contributed by atoms with Gasteiger partial charge in [-0.2, -0.15) is 0 Å². The summed E-state index contributed by atoms with van der Waals surface area (Å²) in [5.41, 5.74) is 1.21. The smallest absolute Gasteiger partial charge is 0.420 e. The zero-order chi connectivity index (χ0) is 14.7. The third kappa shape index (κ3) is 2.52. The van der Waals surface area contributed by atoms with E-state index in [4.69, 9.17) is 9.15 Å². The molecule has 0 aliphatic rings. The number of esters is 1. The molecule has 5 heteroatoms. The fourth-order valence-electron chi connectivity index (χ4n) is 2.06. The van der Waals surface area contributed by atoms with E-state index in [9.17, 15) is 9.59 Å². The highest BCUT2D eigenvalue weighted by Crippen LogP contribution is 2.26. The second-order valence-corrected chi connectivity index (χ2v) is 4.60. The number of carbonyl (C=O) groups is 1. The van der Waals surface area contributed by atoms with E-state index in [1.807, 2.05) is 44.2 Å². The molecule has 1 heterocycles. The fourth-order valence-corrected chi connectivity index (χ4v) is 2.06. The molecule has 0 aliphatic heterocycles. The van der Waals surface area contributed by atoms with Gasteiger partial charge < -0.3 is 9.15 Å². The van der Waals surface area contributed by atoms with Gasteiger partial charge >= 0.3 is 11.7 Å². The van der Waals surface area contributed by atoms with Crippen LogP contribution in [0.3, 0.4) is 0 Å². The molecule has 0 saturated carbocycles. The summed E-state index contributed by atoms with van der Waals surface area (Å²) in [4.78, 5) is 23.9. The molecule has 0 N–H and O–H groups in total. The second-order valence-electron chi connectivity index (χ2n) is 4.60. The van der Waals surface area contributed by atoms with Crippen LogP contribution in [0, 0.1) is 0 Å². The first-order chi connectivity index (χ1) is 9.56. The van der Waals surface area contributed by atoms with Crippen LogP contribution in [0.15, 0.2) is 39.5 Å². The molecule has 1 aromatic carbocycles. The maximum absolute atomic E-state index is 12.0. The molecule has 0 atom stereocenters. The van der Waals surface area contributed by atoms with E-state index in [2.05, 4.69) is 0 Å². The lowest BCUT2D eigenvalue weighted by Gasteiger charge is -2.10. The molecule has 0 aliphatic carbocycles. The van der Waals surface area contributed by atoms with Gasteiger partial charge in [-0.05, 0) is 20.8 Å². The monoisotopic (exact) mass is 275 g/mol. The maximum atomic E-state index is 12.0. The van der Waals surface area contributed by atoms with Gasteiger partial charge in [0, 0.05) is 11.6 Å². The maximum Gasteiger partial charge on any atom is 0.420 e. The second kappa shape index (κ2) is 5.77. The van der Waals surface area contributed by atoms with Gasteiger partial charge in [-0.15, -0.1) is 0 Å². The lowest BCUT2D eigenvalue weighted by Crippen LogP contribution is -2.17. The predicted octanol–water partition coefficient (Wildman–Crippen LogP) is 2.87. The van der Waals surface area contributed by atoms with Gasteiger partial charge in [0.15, 0.2) is 0 Å². The molecule has 0 spiro atoms. The summed E-state index contributed by atoms with van der Waals surface area (Å²) in [7, 11) is 0. The lowest BCUT2D eigenvalue weighted by atomic mass is 10.1. The van der Waals surface area contributed by atoms with Gasteiger partial charge in [0.2, 0.25) is 5.76 Å². The molecule has 0 bridgehead atoms. The van der Waals surface area contributed by atoms with Crippen LogP contribution in [0.25, 0.3) is 11.3 Å². The molecular weight excluding hydrogens is 258 g/mol. The highest BCUT2D eigenvalue weighted by atomic mass is 16.5. The van der Waals surface area contributed by atoms with Crippen molar-refractivity contribution in [2.45, 2.75) is 26.8 Å². The van der Waals surface area contributed by atoms with Crippen LogP contribution in [0.4, 0.5) is 0 Å². The molecule has 5 nitrogen and oxygen atoms in total. The van der Waals surface area contributed by atoms with E-state index >= 15 is 0 Å². The Hall–Kier alpha value is -2.30. The number of hydrogen-bond donors (Lipinski definition) is 0. The van der Waals surface area contributed by atoms with Gasteiger partial charge in [-0.25, -0.2) is 9.59 Å². The van der Waals surface area contributed by atoms with E-state index in [0.29, 0.717) is 5.69 Å². The summed E-state index contributed by atoms with van der Waals surface area (Å²) >= 11 is 0. The van der Waals surface area contributed by atoms with Crippen molar-refractivity contribution in [3.8, 4) is 11.3 Å². The zero-order valence-electron chi connectivity index (χ0n) is 11.8. The minimum atomic E-state index is -0.622. The van der Waals surface area contributed by atoms with Gasteiger partial charge in [-0.3, -0.25) is 4.57 Å². The number of hydrogen-bond acceptors (Lipinski definition) is 4. The number of nitrogens with zero attached hydrogens (tertiary/aromatic N) is 1. The highest BCUT2D eigenvalue weighted by Gasteiger charge is 2.26. The van der Waals surface area contributed by atoms with Crippen molar-refractivity contribution in [1.29, 1.82) is 0 Å². The van der Waals surface area contributed by atoms with Gasteiger partial charge in [0.1, 0.15) is 5.69 Å². The van der Waals surface area contributed by atoms with Crippen molar-refractivity contribution < 1.29 is 13.9 Å². The SMILES string of the molecule is CCOC(=O)c1oc(=O)n(C(C)C)c1-c1ccccc1. The largest absolute Gasteiger partial charge is 0.460 e. The highest BCUT2D eigenvalue weighted by molar-refractivity contribution is 5.93. The number of aromatic nitrogens is 1. The number of rotatable bonds is 4. The summed E-state index contributed by atoms with van der Waals surface area (Å²) in [5, 5.41) is 0. The minimum Gasteiger partial charge on any atom is -0.460 e. The summed E-state index contributed by atoms with van der Waals surface area (Å²) in [6, 6.07) is 9.08. The third-order valence-electron chi connectivity index (χ3n) is 2.87. The van der Waals surface area contributed by atoms with Gasteiger partial charge in [-0.1, -0.05) is 30.3 Å². The standard InChI is InChI=1S/C15H17NO4/c1-4-19-14(17)13-12(11-8-6-5-7-9-11)16(10(2)3)15(18)20-13/h5-10H,4H2,1-3H3. The molecular formula is C15H17NO4. The number of benzene rings is 1. The van der Waals surface area contributed by atoms with Crippen molar-refractivity contribution in [3.63, 3.8) is 0 Å². The molecule has 2 rings (SSSR count). The normalized spacial score (nSPS) is 10.8. The Morgan fingerprint density at radius 2 is 1.95 bits per heavy atom. The molecule has 0 unspecified atom stereocenters. The topological polar surface area (TPSA) is 61.4 Å². The minimum absolute atomic E-state index is 0.0447. The molecule has 0 amide bonds. The Bertz CT molecular complexity index is 652. The first-order valence-electron chi connectivity index (χ1n) is 6.54. The molecule has 1 aromatic heterocycles. The van der Waals surface area contributed by atoms with Crippen LogP contribution in [-0.2, 0) is 4.74 Å². The lowest BCUT2D eigenvalue weighted by molar-refractivity contribution is 0.0489. The molecule has 20 heavy (non-hydrogen) atoms. The summed E-state index contributed by atoms with van der Waals surface area (Å²) in [5.74, 6) is -1.22. The molecule has 0 radical (unpaired) electrons. The number of oxazole rings is 1. The molecule has 0 saturated heterocycles. The first-order valence-corrected chi connectivity index (χ1v) is 6.54. The summed E-state index contributed by atoms with van der Waals surface area (Å²) in [6.45, 7) is 5.65. The van der Waals surface area contributed by atoms with Crippen LogP contribution in [-0.4, -0.2) is 17.1 Å². The van der Waals surface area contributed by atoms with E-state index in [0.717, 1.165) is 5.56 Å². The fraction of sp³-hybridized carbons (Fsp3) is 0.333. The third-order valence-corrected chi connectivity index (χ3v) is 2.87. The average molecular weight is 275 g/mol. The van der Waals surface area contributed by atoms with Crippen molar-refractivity contribution in [1.82, 2.24) is 4.57 Å². The van der Waals surface area contributed by atoms with E-state index in [1.165, 1.54) is 4.57 Å². The average Bonchev–Trinajstić information content (AvgIpc) is 2.78. The molecule has 0 fully saturated rings. The predicted molar refractivity (Wildman–Crippen MR) is 74.7 cm³/mol. The van der Waals surface area contributed by atoms with Crippen molar-refractivity contribution in [2.75, 3.05) is 6.61 Å². The molecule has 106 valence electrons. The Morgan fingerprint density at radius 3 is 2.50 bits per heavy atom. The summed E-state index contributed by atoms with van der Waals surface area (Å²) < 4.78 is 11.5. The van der Waals surface area contributed by atoms with E-state index < -0.39 is 11.7 Å². The first kappa shape index (κ1) is 14.1. The van der Waals surface area contributed by atoms with Crippen LogP contribution < -0.4 is 5.76 Å². The van der Waals surface area contributed by atoms with Crippen molar-refractivity contribution >= 4 is 5.97 Å². The Morgan fingerprint density at radius 1 is 1.30 bits per heavy atom.